The van der Waals surface area contributed by atoms with Crippen molar-refractivity contribution in [3.63, 3.8) is 0 Å². The molecule has 0 saturated carbocycles. The van der Waals surface area contributed by atoms with Crippen molar-refractivity contribution in [3.05, 3.63) is 0 Å². The summed E-state index contributed by atoms with van der Waals surface area (Å²) >= 11 is 0. The van der Waals surface area contributed by atoms with Crippen LogP contribution in [-0.4, -0.2) is 47.6 Å². The highest BCUT2D eigenvalue weighted by molar-refractivity contribution is 5.79. The van der Waals surface area contributed by atoms with Crippen LogP contribution in [0.1, 0.15) is 27.2 Å². The molecule has 0 aromatic rings. The summed E-state index contributed by atoms with van der Waals surface area (Å²) in [5, 5.41) is 11.4. The smallest absolute Gasteiger partial charge is 0.317 e. The van der Waals surface area contributed by atoms with Gasteiger partial charge in [-0.25, -0.2) is 0 Å². The van der Waals surface area contributed by atoms with E-state index in [2.05, 4.69) is 5.32 Å². The molecule has 0 aliphatic rings. The van der Waals surface area contributed by atoms with E-state index in [-0.39, 0.29) is 25.0 Å². The molecule has 1 amide bonds. The van der Waals surface area contributed by atoms with Crippen LogP contribution < -0.4 is 5.32 Å². The second kappa shape index (κ2) is 7.23. The van der Waals surface area contributed by atoms with Crippen LogP contribution in [0.2, 0.25) is 0 Å². The number of hydrogen-bond acceptors (Lipinski definition) is 3. The van der Waals surface area contributed by atoms with Gasteiger partial charge in [0.2, 0.25) is 5.91 Å². The molecule has 5 heteroatoms. The Balaban J connectivity index is 4.03. The first-order valence-electron chi connectivity index (χ1n) is 5.19. The van der Waals surface area contributed by atoms with Gasteiger partial charge in [-0.1, -0.05) is 6.92 Å². The van der Waals surface area contributed by atoms with Crippen LogP contribution in [0, 0.1) is 0 Å². The molecule has 0 rings (SSSR count). The number of nitrogens with zero attached hydrogens (tertiary/aromatic N) is 1. The summed E-state index contributed by atoms with van der Waals surface area (Å²) in [6, 6.07) is 0.0887. The van der Waals surface area contributed by atoms with E-state index in [0.717, 1.165) is 6.42 Å². The van der Waals surface area contributed by atoms with E-state index in [0.29, 0.717) is 6.54 Å². The predicted molar refractivity (Wildman–Crippen MR) is 57.6 cm³/mol. The average molecular weight is 216 g/mol. The van der Waals surface area contributed by atoms with Gasteiger partial charge in [-0.15, -0.1) is 0 Å². The van der Waals surface area contributed by atoms with E-state index in [1.807, 2.05) is 20.8 Å². The second-order valence-corrected chi connectivity index (χ2v) is 3.83. The van der Waals surface area contributed by atoms with E-state index in [9.17, 15) is 9.59 Å². The summed E-state index contributed by atoms with van der Waals surface area (Å²) in [4.78, 5) is 23.5. The van der Waals surface area contributed by atoms with Crippen LogP contribution in [0.5, 0.6) is 0 Å². The molecule has 15 heavy (non-hydrogen) atoms. The number of amides is 1. The summed E-state index contributed by atoms with van der Waals surface area (Å²) in [6.07, 6.45) is 0.836. The molecule has 0 fully saturated rings. The standard InChI is InChI=1S/C10H20N2O3/c1-4-5-12(7-10(14)15)6-9(13)11-8(2)3/h8H,4-7H2,1-3H3,(H,11,13)(H,14,15). The van der Waals surface area contributed by atoms with Gasteiger partial charge in [-0.05, 0) is 26.8 Å². The Morgan fingerprint density at radius 2 is 1.93 bits per heavy atom. The number of hydrogen-bond donors (Lipinski definition) is 2. The van der Waals surface area contributed by atoms with E-state index < -0.39 is 5.97 Å². The molecule has 0 saturated heterocycles. The van der Waals surface area contributed by atoms with Crippen molar-refractivity contribution in [2.24, 2.45) is 0 Å². The minimum Gasteiger partial charge on any atom is -0.480 e. The fraction of sp³-hybridized carbons (Fsp3) is 0.800. The van der Waals surface area contributed by atoms with E-state index in [1.54, 1.807) is 4.90 Å². The minimum atomic E-state index is -0.902. The number of nitrogens with one attached hydrogen (secondary N) is 1. The average Bonchev–Trinajstić information content (AvgIpc) is 2.00. The van der Waals surface area contributed by atoms with E-state index in [4.69, 9.17) is 5.11 Å². The zero-order valence-electron chi connectivity index (χ0n) is 9.62. The Hall–Kier alpha value is -1.10. The van der Waals surface area contributed by atoms with Gasteiger partial charge in [0.05, 0.1) is 13.1 Å². The maximum atomic E-state index is 11.4. The summed E-state index contributed by atoms with van der Waals surface area (Å²) in [6.45, 7) is 6.39. The lowest BCUT2D eigenvalue weighted by molar-refractivity contribution is -0.138. The number of rotatable bonds is 7. The molecular formula is C10H20N2O3. The highest BCUT2D eigenvalue weighted by Crippen LogP contribution is 1.91. The van der Waals surface area contributed by atoms with Crippen LogP contribution in [-0.2, 0) is 9.59 Å². The predicted octanol–water partition coefficient (Wildman–Crippen LogP) is 0.308. The lowest BCUT2D eigenvalue weighted by Gasteiger charge is -2.19. The summed E-state index contributed by atoms with van der Waals surface area (Å²) in [7, 11) is 0. The highest BCUT2D eigenvalue weighted by Gasteiger charge is 2.13. The maximum absolute atomic E-state index is 11.4. The van der Waals surface area contributed by atoms with Crippen molar-refractivity contribution >= 4 is 11.9 Å². The zero-order chi connectivity index (χ0) is 11.8. The van der Waals surface area contributed by atoms with Crippen molar-refractivity contribution in [1.82, 2.24) is 10.2 Å². The van der Waals surface area contributed by atoms with Crippen LogP contribution in [0.15, 0.2) is 0 Å². The molecule has 0 spiro atoms. The molecular weight excluding hydrogens is 196 g/mol. The minimum absolute atomic E-state index is 0.0840. The van der Waals surface area contributed by atoms with Crippen LogP contribution >= 0.6 is 0 Å². The normalized spacial score (nSPS) is 10.7. The molecule has 0 atom stereocenters. The Bertz CT molecular complexity index is 217. The van der Waals surface area contributed by atoms with Gasteiger partial charge >= 0.3 is 5.97 Å². The fourth-order valence-corrected chi connectivity index (χ4v) is 1.29. The van der Waals surface area contributed by atoms with Crippen LogP contribution in [0.3, 0.4) is 0 Å². The van der Waals surface area contributed by atoms with E-state index in [1.165, 1.54) is 0 Å². The van der Waals surface area contributed by atoms with Crippen molar-refractivity contribution < 1.29 is 14.7 Å². The first kappa shape index (κ1) is 13.9. The highest BCUT2D eigenvalue weighted by atomic mass is 16.4. The number of carbonyl (C=O) groups excluding carboxylic acids is 1. The molecule has 0 heterocycles. The molecule has 0 aromatic carbocycles. The lowest BCUT2D eigenvalue weighted by atomic mass is 10.3. The second-order valence-electron chi connectivity index (χ2n) is 3.83. The monoisotopic (exact) mass is 216 g/mol. The summed E-state index contributed by atoms with van der Waals surface area (Å²) in [5.41, 5.74) is 0. The van der Waals surface area contributed by atoms with Gasteiger partial charge in [0.25, 0.3) is 0 Å². The van der Waals surface area contributed by atoms with Crippen molar-refractivity contribution in [2.75, 3.05) is 19.6 Å². The molecule has 0 bridgehead atoms. The maximum Gasteiger partial charge on any atom is 0.317 e. The van der Waals surface area contributed by atoms with E-state index >= 15 is 0 Å². The van der Waals surface area contributed by atoms with Crippen LogP contribution in [0.4, 0.5) is 0 Å². The fourth-order valence-electron chi connectivity index (χ4n) is 1.29. The SMILES string of the molecule is CCCN(CC(=O)O)CC(=O)NC(C)C. The Labute approximate surface area is 90.5 Å². The third-order valence-corrected chi connectivity index (χ3v) is 1.72. The third kappa shape index (κ3) is 7.93. The summed E-state index contributed by atoms with van der Waals surface area (Å²) in [5.74, 6) is -1.03. The lowest BCUT2D eigenvalue weighted by Crippen LogP contribution is -2.42. The van der Waals surface area contributed by atoms with Crippen molar-refractivity contribution in [2.45, 2.75) is 33.2 Å². The molecule has 5 nitrogen and oxygen atoms in total. The van der Waals surface area contributed by atoms with Gasteiger partial charge < -0.3 is 10.4 Å². The largest absolute Gasteiger partial charge is 0.480 e. The first-order chi connectivity index (χ1) is 6.95. The molecule has 88 valence electrons. The topological polar surface area (TPSA) is 69.6 Å². The summed E-state index contributed by atoms with van der Waals surface area (Å²) < 4.78 is 0. The van der Waals surface area contributed by atoms with Crippen LogP contribution in [0.25, 0.3) is 0 Å². The quantitative estimate of drug-likeness (QED) is 0.642. The molecule has 0 aliphatic heterocycles. The first-order valence-corrected chi connectivity index (χ1v) is 5.19. The van der Waals surface area contributed by atoms with Gasteiger partial charge in [0.1, 0.15) is 0 Å². The molecule has 0 radical (unpaired) electrons. The third-order valence-electron chi connectivity index (χ3n) is 1.72. The molecule has 0 unspecified atom stereocenters. The number of carbonyl (C=O) groups is 2. The van der Waals surface area contributed by atoms with Gasteiger partial charge in [-0.2, -0.15) is 0 Å². The van der Waals surface area contributed by atoms with Crippen molar-refractivity contribution in [3.8, 4) is 0 Å². The van der Waals surface area contributed by atoms with Gasteiger partial charge in [0, 0.05) is 6.04 Å². The number of aliphatic carboxylic acids is 1. The Morgan fingerprint density at radius 3 is 2.33 bits per heavy atom. The molecule has 2 N–H and O–H groups in total. The van der Waals surface area contributed by atoms with Gasteiger partial charge in [-0.3, -0.25) is 14.5 Å². The molecule has 0 aliphatic carbocycles. The number of carboxylic acid groups (broad SMARTS) is 1. The molecule has 0 aromatic heterocycles. The number of carboxylic acids is 1. The zero-order valence-corrected chi connectivity index (χ0v) is 9.62. The Kier molecular flexibility index (Phi) is 6.70. The van der Waals surface area contributed by atoms with Gasteiger partial charge in [0.15, 0.2) is 0 Å². The van der Waals surface area contributed by atoms with Crippen molar-refractivity contribution in [1.29, 1.82) is 0 Å². The Morgan fingerprint density at radius 1 is 1.33 bits per heavy atom.